The summed E-state index contributed by atoms with van der Waals surface area (Å²) in [4.78, 5) is 36.4. The Labute approximate surface area is 197 Å². The molecular weight excluding hydrogens is 466 g/mol. The molecule has 0 bridgehead atoms. The first kappa shape index (κ1) is 23.4. The summed E-state index contributed by atoms with van der Waals surface area (Å²) < 4.78 is 27.4. The number of hydrogen-bond donors (Lipinski definition) is 2. The van der Waals surface area contributed by atoms with Crippen LogP contribution >= 0.6 is 11.6 Å². The molecule has 33 heavy (non-hydrogen) atoms. The summed E-state index contributed by atoms with van der Waals surface area (Å²) in [7, 11) is -3.98. The number of halogens is 1. The molecule has 1 heterocycles. The number of nitrogens with one attached hydrogen (secondary N) is 2. The lowest BCUT2D eigenvalue weighted by molar-refractivity contribution is -0.131. The first-order valence-electron chi connectivity index (χ1n) is 10.7. The van der Waals surface area contributed by atoms with Crippen molar-refractivity contribution in [1.82, 2.24) is 14.9 Å². The Kier molecular flexibility index (Phi) is 6.83. The number of hydrogen-bond acceptors (Lipinski definition) is 5. The number of amides is 2. The maximum absolute atomic E-state index is 13.2. The zero-order chi connectivity index (χ0) is 23.6. The van der Waals surface area contributed by atoms with Crippen molar-refractivity contribution in [3.63, 3.8) is 0 Å². The van der Waals surface area contributed by atoms with Crippen LogP contribution in [0.15, 0.2) is 47.4 Å². The fourth-order valence-corrected chi connectivity index (χ4v) is 6.07. The molecule has 2 aromatic rings. The van der Waals surface area contributed by atoms with Gasteiger partial charge in [0.25, 0.3) is 0 Å². The molecule has 4 rings (SSSR count). The summed E-state index contributed by atoms with van der Waals surface area (Å²) in [5, 5.41) is 6.00. The average molecular weight is 490 g/mol. The van der Waals surface area contributed by atoms with Gasteiger partial charge in [0.2, 0.25) is 21.8 Å². The maximum Gasteiger partial charge on any atom is 0.243 e. The quantitative estimate of drug-likeness (QED) is 0.600. The van der Waals surface area contributed by atoms with Crippen LogP contribution in [0.1, 0.15) is 34.3 Å². The van der Waals surface area contributed by atoms with Gasteiger partial charge in [-0.25, -0.2) is 8.42 Å². The monoisotopic (exact) mass is 489 g/mol. The van der Waals surface area contributed by atoms with Gasteiger partial charge in [0.05, 0.1) is 11.3 Å². The van der Waals surface area contributed by atoms with Crippen molar-refractivity contribution >= 4 is 39.7 Å². The van der Waals surface area contributed by atoms with E-state index < -0.39 is 22.0 Å². The highest BCUT2D eigenvalue weighted by Gasteiger charge is 2.40. The van der Waals surface area contributed by atoms with E-state index in [0.29, 0.717) is 23.4 Å². The molecule has 2 N–H and O–H groups in total. The fraction of sp³-hybridized carbons (Fsp3) is 0.348. The van der Waals surface area contributed by atoms with E-state index >= 15 is 0 Å². The number of carbonyl (C=O) groups is 3. The molecule has 0 spiro atoms. The third kappa shape index (κ3) is 5.10. The Morgan fingerprint density at radius 3 is 2.67 bits per heavy atom. The Hall–Kier alpha value is -2.75. The SMILES string of the molecule is O=Cc1ccc2c(c1)CCC(NC(=O)CC1C(=O)NCCN1S(=O)(=O)c1ccc(Cl)cc1)C2. The largest absolute Gasteiger partial charge is 0.353 e. The van der Waals surface area contributed by atoms with E-state index in [-0.39, 0.29) is 36.4 Å². The van der Waals surface area contributed by atoms with Gasteiger partial charge < -0.3 is 10.6 Å². The summed E-state index contributed by atoms with van der Waals surface area (Å²) >= 11 is 5.87. The van der Waals surface area contributed by atoms with Gasteiger partial charge >= 0.3 is 0 Å². The highest BCUT2D eigenvalue weighted by molar-refractivity contribution is 7.89. The number of nitrogens with zero attached hydrogens (tertiary/aromatic N) is 1. The predicted octanol–water partition coefficient (Wildman–Crippen LogP) is 1.71. The van der Waals surface area contributed by atoms with Crippen molar-refractivity contribution in [3.05, 3.63) is 64.2 Å². The number of aryl methyl sites for hydroxylation is 1. The standard InChI is InChI=1S/C23H24ClN3O5S/c24-18-4-7-20(8-5-18)33(31,32)27-10-9-25-23(30)21(27)13-22(29)26-19-6-3-16-11-15(14-28)1-2-17(16)12-19/h1-2,4-5,7-8,11,14,19,21H,3,6,9-10,12-13H2,(H,25,30)(H,26,29). The van der Waals surface area contributed by atoms with E-state index in [1.165, 1.54) is 24.3 Å². The molecule has 2 aliphatic rings. The van der Waals surface area contributed by atoms with E-state index in [1.807, 2.05) is 12.1 Å². The van der Waals surface area contributed by atoms with Crippen LogP contribution in [-0.4, -0.2) is 56.0 Å². The molecule has 1 aliphatic heterocycles. The van der Waals surface area contributed by atoms with Gasteiger partial charge in [-0.1, -0.05) is 23.7 Å². The van der Waals surface area contributed by atoms with E-state index in [1.54, 1.807) is 6.07 Å². The Morgan fingerprint density at radius 2 is 1.94 bits per heavy atom. The molecule has 2 amide bonds. The van der Waals surface area contributed by atoms with Crippen molar-refractivity contribution < 1.29 is 22.8 Å². The Bertz CT molecular complexity index is 1180. The van der Waals surface area contributed by atoms with Gasteiger partial charge in [0.15, 0.2) is 0 Å². The van der Waals surface area contributed by atoms with Crippen LogP contribution < -0.4 is 10.6 Å². The van der Waals surface area contributed by atoms with Crippen molar-refractivity contribution in [2.45, 2.75) is 42.7 Å². The molecule has 1 fully saturated rings. The van der Waals surface area contributed by atoms with Gasteiger partial charge in [0.1, 0.15) is 12.3 Å². The van der Waals surface area contributed by atoms with Crippen LogP contribution in [0.2, 0.25) is 5.02 Å². The third-order valence-corrected chi connectivity index (χ3v) is 8.22. The summed E-state index contributed by atoms with van der Waals surface area (Å²) in [6, 6.07) is 9.97. The molecule has 174 valence electrons. The molecule has 0 radical (unpaired) electrons. The van der Waals surface area contributed by atoms with E-state index in [0.717, 1.165) is 28.1 Å². The number of piperazine rings is 1. The van der Waals surface area contributed by atoms with Crippen LogP contribution in [0.4, 0.5) is 0 Å². The summed E-state index contributed by atoms with van der Waals surface area (Å²) in [5.41, 5.74) is 2.79. The van der Waals surface area contributed by atoms with Crippen LogP contribution in [0, 0.1) is 0 Å². The minimum atomic E-state index is -3.98. The summed E-state index contributed by atoms with van der Waals surface area (Å²) in [5.74, 6) is -0.879. The molecule has 1 aliphatic carbocycles. The minimum Gasteiger partial charge on any atom is -0.353 e. The first-order chi connectivity index (χ1) is 15.8. The van der Waals surface area contributed by atoms with Crippen molar-refractivity contribution in [2.75, 3.05) is 13.1 Å². The number of sulfonamides is 1. The number of aldehydes is 1. The third-order valence-electron chi connectivity index (χ3n) is 6.04. The second-order valence-electron chi connectivity index (χ2n) is 8.23. The molecule has 2 atom stereocenters. The number of carbonyl (C=O) groups excluding carboxylic acids is 3. The molecule has 2 unspecified atom stereocenters. The fourth-order valence-electron chi connectivity index (χ4n) is 4.35. The smallest absolute Gasteiger partial charge is 0.243 e. The lowest BCUT2D eigenvalue weighted by atomic mass is 9.87. The Balaban J connectivity index is 1.45. The normalized spacial score (nSPS) is 21.1. The van der Waals surface area contributed by atoms with Crippen LogP contribution in [0.5, 0.6) is 0 Å². The number of fused-ring (bicyclic) bond motifs is 1. The summed E-state index contributed by atoms with van der Waals surface area (Å²) in [6.45, 7) is 0.247. The molecule has 10 heteroatoms. The van der Waals surface area contributed by atoms with E-state index in [4.69, 9.17) is 11.6 Å². The number of benzene rings is 2. The highest BCUT2D eigenvalue weighted by atomic mass is 35.5. The van der Waals surface area contributed by atoms with E-state index in [2.05, 4.69) is 10.6 Å². The number of rotatable bonds is 6. The lowest BCUT2D eigenvalue weighted by Crippen LogP contribution is -2.58. The first-order valence-corrected chi connectivity index (χ1v) is 12.5. The topological polar surface area (TPSA) is 113 Å². The molecule has 1 saturated heterocycles. The van der Waals surface area contributed by atoms with Crippen molar-refractivity contribution in [1.29, 1.82) is 0 Å². The van der Waals surface area contributed by atoms with Crippen LogP contribution in [0.25, 0.3) is 0 Å². The second-order valence-corrected chi connectivity index (χ2v) is 10.6. The highest BCUT2D eigenvalue weighted by Crippen LogP contribution is 2.25. The van der Waals surface area contributed by atoms with E-state index in [9.17, 15) is 22.8 Å². The molecule has 0 saturated carbocycles. The van der Waals surface area contributed by atoms with Crippen molar-refractivity contribution in [2.24, 2.45) is 0 Å². The van der Waals surface area contributed by atoms with Gasteiger partial charge in [-0.2, -0.15) is 4.31 Å². The average Bonchev–Trinajstić information content (AvgIpc) is 2.80. The zero-order valence-electron chi connectivity index (χ0n) is 17.8. The van der Waals surface area contributed by atoms with Gasteiger partial charge in [0, 0.05) is 29.7 Å². The molecule has 8 nitrogen and oxygen atoms in total. The molecular formula is C23H24ClN3O5S. The van der Waals surface area contributed by atoms with Gasteiger partial charge in [-0.05, 0) is 60.7 Å². The lowest BCUT2D eigenvalue weighted by Gasteiger charge is -2.34. The molecule has 2 aromatic carbocycles. The van der Waals surface area contributed by atoms with Gasteiger partial charge in [-0.3, -0.25) is 14.4 Å². The van der Waals surface area contributed by atoms with Gasteiger partial charge in [-0.15, -0.1) is 0 Å². The van der Waals surface area contributed by atoms with Crippen molar-refractivity contribution in [3.8, 4) is 0 Å². The molecule has 0 aromatic heterocycles. The predicted molar refractivity (Wildman–Crippen MR) is 123 cm³/mol. The summed E-state index contributed by atoms with van der Waals surface area (Å²) in [6.07, 6.45) is 2.58. The maximum atomic E-state index is 13.2. The zero-order valence-corrected chi connectivity index (χ0v) is 19.4. The second kappa shape index (κ2) is 9.62. The Morgan fingerprint density at radius 1 is 1.18 bits per heavy atom. The van der Waals surface area contributed by atoms with Crippen LogP contribution in [-0.2, 0) is 32.5 Å². The minimum absolute atomic E-state index is 0.0191. The van der Waals surface area contributed by atoms with Crippen LogP contribution in [0.3, 0.4) is 0 Å².